The molecule has 9 aliphatic heterocycles. The number of aryl methyl sites for hydroxylation is 2. The summed E-state index contributed by atoms with van der Waals surface area (Å²) in [6.45, 7) is 15.0. The summed E-state index contributed by atoms with van der Waals surface area (Å²) in [6.07, 6.45) is 14.8. The summed E-state index contributed by atoms with van der Waals surface area (Å²) in [5.74, 6) is 0.332. The molecule has 0 saturated carbocycles. The number of aromatic amines is 2. The molecule has 3 unspecified atom stereocenters. The molecule has 20 rings (SSSR count). The van der Waals surface area contributed by atoms with Crippen LogP contribution in [0, 0.1) is 13.8 Å². The number of H-pyrrole nitrogens is 2. The summed E-state index contributed by atoms with van der Waals surface area (Å²) in [5, 5.41) is 5.76. The number of nitrogens with one attached hydrogen (secondary N) is 3. The molecule has 0 radical (unpaired) electrons. The van der Waals surface area contributed by atoms with Crippen LogP contribution in [0.2, 0.25) is 12.6 Å². The van der Waals surface area contributed by atoms with Gasteiger partial charge in [0.2, 0.25) is 0 Å². The summed E-state index contributed by atoms with van der Waals surface area (Å²) in [7, 11) is -5.89. The number of carbonyl (C=O) groups is 1. The molecule has 18 atom stereocenters. The number of imidazole rings is 1. The predicted molar refractivity (Wildman–Crippen MR) is 499 cm³/mol. The number of fused-ring (bicyclic) bond motifs is 4. The molecule has 11 aromatic rings. The molecule has 4 aromatic heterocycles. The second-order valence-electron chi connectivity index (χ2n) is 34.1. The third kappa shape index (κ3) is 19.3. The minimum atomic E-state index is -2.10. The average Bonchev–Trinajstić information content (AvgIpc) is 1.62. The van der Waals surface area contributed by atoms with Crippen LogP contribution in [-0.2, 0) is 41.4 Å². The van der Waals surface area contributed by atoms with Gasteiger partial charge in [-0.2, -0.15) is 0 Å². The standard InChI is InChI=1S/C37H41N6O4PSi.2C29H34N3O5P.2CH4/c1-3-30-31(22-33(45-30)42-25-40-34-35(38-24-39-36(34)42)41-37(44)26-14-7-4-8-15-26)46-48-43-21-13-20-29(43)32(47-48)23-49(2,27-16-9-5-10-17-27)28-18-11-6-12-19-28;2*1-3-23-24(17-25(35-23)31-18-19(2)28(33)30-29(31)34)36-38-32-16-10-15-22(32)27(37-38)26(20-11-6-4-7-12-20)21-13-8-5-9-14-21;;/h4-12,14-19,24-25,29-33H,3,13,20-23H2,1-2H3,(H,38,39,41,44);2*4-9,11-14,18,22-27H,3,10,15-17H2,1-2H3,(H,30,33,34);2*1H4/t29-,30-,31?,32+,33-,48-;22-,23+,24?,25+,27-,38+;22-,23-,24?,25-,27-,38-;;/m101../s1. The van der Waals surface area contributed by atoms with E-state index in [1.807, 2.05) is 22.8 Å². The number of rotatable bonds is 24. The van der Waals surface area contributed by atoms with Crippen molar-refractivity contribution in [2.24, 2.45) is 0 Å². The van der Waals surface area contributed by atoms with Crippen molar-refractivity contribution < 1.29 is 46.1 Å². The molecule has 9 aliphatic rings. The van der Waals surface area contributed by atoms with E-state index in [4.69, 9.17) is 41.4 Å². The third-order valence-electron chi connectivity index (χ3n) is 26.3. The minimum Gasteiger partial charge on any atom is -0.352 e. The second kappa shape index (κ2) is 40.9. The average molecular weight is 1800 g/mol. The second-order valence-corrected chi connectivity index (χ2v) is 42.5. The van der Waals surface area contributed by atoms with Crippen molar-refractivity contribution in [1.29, 1.82) is 0 Å². The van der Waals surface area contributed by atoms with Crippen LogP contribution >= 0.6 is 25.6 Å². The highest BCUT2D eigenvalue weighted by atomic mass is 31.2. The quantitative estimate of drug-likeness (QED) is 0.0374. The van der Waals surface area contributed by atoms with E-state index in [0.717, 1.165) is 83.5 Å². The van der Waals surface area contributed by atoms with Crippen molar-refractivity contribution >= 4 is 66.9 Å². The maximum absolute atomic E-state index is 12.9. The van der Waals surface area contributed by atoms with Crippen LogP contribution in [-0.4, -0.2) is 159 Å². The maximum Gasteiger partial charge on any atom is 0.330 e. The summed E-state index contributed by atoms with van der Waals surface area (Å²) in [5.41, 5.74) is 5.94. The first-order valence-corrected chi connectivity index (χ1v) is 50.3. The van der Waals surface area contributed by atoms with Gasteiger partial charge in [-0.25, -0.2) is 38.6 Å². The van der Waals surface area contributed by atoms with E-state index >= 15 is 0 Å². The Morgan fingerprint density at radius 2 is 0.835 bits per heavy atom. The van der Waals surface area contributed by atoms with E-state index in [1.165, 1.54) is 48.1 Å². The van der Waals surface area contributed by atoms with Crippen molar-refractivity contribution in [3.8, 4) is 0 Å². The van der Waals surface area contributed by atoms with E-state index in [2.05, 4.69) is 254 Å². The number of amides is 1. The SMILES string of the molecule is C.C.CC[C@H]1O[C@@H](n2cc(C)c(=O)[nH]c2=O)CC1O[P@]1O[C@@H](C(c2ccccc2)c2ccccc2)[C@H]2CCCN21.CC[C@H]1O[C@@H](n2cc(C)c(=O)[nH]c2=O)CC1O[P@]1O[C@H](C(c2ccccc2)c2ccccc2)[C@@H]2CCCN21.CC[C@H]1O[C@@H](n2cnc3c(NC(=O)c4ccccc4)ncnc32)CC1O[P@]1O[C@@H](C[Si](C)(c2ccccc2)c2ccccc2)[C@H]2CCCN21. The van der Waals surface area contributed by atoms with Gasteiger partial charge in [-0.1, -0.05) is 253 Å². The Bertz CT molecular complexity index is 5400. The fraction of sp³-hybridized carbons (Fsp3) is 0.423. The molecule has 127 heavy (non-hydrogen) atoms. The molecule has 9 saturated heterocycles. The lowest BCUT2D eigenvalue weighted by Gasteiger charge is -2.32. The van der Waals surface area contributed by atoms with Crippen LogP contribution in [0.25, 0.3) is 11.2 Å². The van der Waals surface area contributed by atoms with Crippen molar-refractivity contribution in [2.45, 2.75) is 243 Å². The highest BCUT2D eigenvalue weighted by molar-refractivity contribution is 7.45. The van der Waals surface area contributed by atoms with Gasteiger partial charge in [-0.05, 0) is 112 Å². The highest BCUT2D eigenvalue weighted by Gasteiger charge is 2.56. The van der Waals surface area contributed by atoms with Crippen LogP contribution in [0.3, 0.4) is 0 Å². The molecular weight excluding hydrogens is 1680 g/mol. The van der Waals surface area contributed by atoms with Gasteiger partial charge in [0.05, 0.1) is 61.3 Å². The van der Waals surface area contributed by atoms with E-state index in [-0.39, 0.29) is 117 Å². The Kier molecular flexibility index (Phi) is 29.4. The van der Waals surface area contributed by atoms with Crippen molar-refractivity contribution in [1.82, 2.24) is 52.6 Å². The molecule has 13 heterocycles. The first-order valence-electron chi connectivity index (χ1n) is 44.2. The van der Waals surface area contributed by atoms with Gasteiger partial charge < -0.3 is 46.7 Å². The lowest BCUT2D eigenvalue weighted by molar-refractivity contribution is -0.0190. The van der Waals surface area contributed by atoms with Gasteiger partial charge in [-0.3, -0.25) is 38.1 Å². The molecule has 0 aliphatic carbocycles. The van der Waals surface area contributed by atoms with Crippen LogP contribution in [0.1, 0.15) is 187 Å². The molecule has 7 aromatic carbocycles. The molecule has 9 fully saturated rings. The molecule has 0 spiro atoms. The Labute approximate surface area is 747 Å². The maximum atomic E-state index is 12.9. The molecule has 26 nitrogen and oxygen atoms in total. The number of ether oxygens (including phenoxy) is 3. The Morgan fingerprint density at radius 1 is 0.472 bits per heavy atom. The number of hydrogen-bond donors (Lipinski definition) is 3. The predicted octanol–water partition coefficient (Wildman–Crippen LogP) is 17.1. The Hall–Kier alpha value is -9.05. The van der Waals surface area contributed by atoms with Gasteiger partial charge >= 0.3 is 11.4 Å². The first-order chi connectivity index (χ1) is 61.1. The fourth-order valence-electron chi connectivity index (χ4n) is 19.8. The zero-order chi connectivity index (χ0) is 85.8. The van der Waals surface area contributed by atoms with Gasteiger partial charge in [0.1, 0.15) is 33.1 Å². The van der Waals surface area contributed by atoms with Crippen LogP contribution in [0.5, 0.6) is 0 Å². The number of nitrogens with zero attached hydrogens (tertiary/aromatic N) is 9. The summed E-state index contributed by atoms with van der Waals surface area (Å²) in [6, 6.07) is 75.5. The topological polar surface area (TPSA) is 275 Å². The molecular formula is C97H117N12O14P3Si. The first kappa shape index (κ1) is 91.3. The summed E-state index contributed by atoms with van der Waals surface area (Å²) in [4.78, 5) is 79.9. The van der Waals surface area contributed by atoms with Crippen LogP contribution < -0.4 is 38.2 Å². The zero-order valence-corrected chi connectivity index (χ0v) is 74.9. The Balaban J connectivity index is 0.000000141. The zero-order valence-electron chi connectivity index (χ0n) is 71.2. The molecule has 0 bridgehead atoms. The van der Waals surface area contributed by atoms with Crippen molar-refractivity contribution in [2.75, 3.05) is 25.0 Å². The molecule has 30 heteroatoms. The van der Waals surface area contributed by atoms with Gasteiger partial charge in [-0.15, -0.1) is 0 Å². The Morgan fingerprint density at radius 3 is 1.24 bits per heavy atom. The van der Waals surface area contributed by atoms with Crippen LogP contribution in [0.4, 0.5) is 5.82 Å². The van der Waals surface area contributed by atoms with E-state index in [9.17, 15) is 24.0 Å². The largest absolute Gasteiger partial charge is 0.352 e. The van der Waals surface area contributed by atoms with Crippen LogP contribution in [0.15, 0.2) is 257 Å². The van der Waals surface area contributed by atoms with Gasteiger partial charge in [0.25, 0.3) is 42.6 Å². The summed E-state index contributed by atoms with van der Waals surface area (Å²) < 4.78 is 72.5. The number of aromatic nitrogens is 8. The molecule has 1 amide bonds. The molecule has 3 N–H and O–H groups in total. The van der Waals surface area contributed by atoms with Crippen molar-refractivity contribution in [3.63, 3.8) is 0 Å². The molecule has 668 valence electrons. The monoisotopic (exact) mass is 1790 g/mol. The van der Waals surface area contributed by atoms with E-state index < -0.39 is 57.5 Å². The third-order valence-corrected chi connectivity index (χ3v) is 36.1. The smallest absolute Gasteiger partial charge is 0.330 e. The number of carbonyl (C=O) groups excluding carboxylic acids is 1. The lowest BCUT2D eigenvalue weighted by Crippen LogP contribution is -2.58. The van der Waals surface area contributed by atoms with Crippen molar-refractivity contribution in [3.05, 3.63) is 318 Å². The lowest BCUT2D eigenvalue weighted by atomic mass is 9.83. The number of benzene rings is 7. The van der Waals surface area contributed by atoms with E-state index in [1.54, 1.807) is 44.7 Å². The van der Waals surface area contributed by atoms with Gasteiger partial charge in [0.15, 0.2) is 17.0 Å². The van der Waals surface area contributed by atoms with E-state index in [0.29, 0.717) is 59.0 Å². The summed E-state index contributed by atoms with van der Waals surface area (Å²) >= 11 is 0. The normalized spacial score (nSPS) is 27.3. The van der Waals surface area contributed by atoms with Gasteiger partial charge in [0, 0.05) is 97.9 Å². The number of hydrogen-bond acceptors (Lipinski definition) is 20. The fourth-order valence-corrected chi connectivity index (χ4v) is 29.8. The number of anilines is 1. The minimum absolute atomic E-state index is 0. The highest BCUT2D eigenvalue weighted by Crippen LogP contribution is 2.63.